The lowest BCUT2D eigenvalue weighted by atomic mass is 10.1. The summed E-state index contributed by atoms with van der Waals surface area (Å²) in [7, 11) is 1.80. The SMILES string of the molecule is CCCOc1cc(C)ccc1CNC(=NC)NCCCCn1ccnc1C.I. The topological polar surface area (TPSA) is 63.5 Å². The lowest BCUT2D eigenvalue weighted by Crippen LogP contribution is -2.37. The van der Waals surface area contributed by atoms with E-state index >= 15 is 0 Å². The third-order valence-electron chi connectivity index (χ3n) is 4.40. The van der Waals surface area contributed by atoms with E-state index in [2.05, 4.69) is 57.2 Å². The lowest BCUT2D eigenvalue weighted by molar-refractivity contribution is 0.313. The number of unbranched alkanes of at least 4 members (excludes halogenated alkanes) is 1. The number of halogens is 1. The number of hydrogen-bond donors (Lipinski definition) is 2. The molecule has 0 spiro atoms. The van der Waals surface area contributed by atoms with Crippen molar-refractivity contribution in [2.75, 3.05) is 20.2 Å². The van der Waals surface area contributed by atoms with Gasteiger partial charge < -0.3 is 19.9 Å². The summed E-state index contributed by atoms with van der Waals surface area (Å²) in [6.07, 6.45) is 7.07. The molecular weight excluding hydrogens is 465 g/mol. The van der Waals surface area contributed by atoms with Gasteiger partial charge in [-0.25, -0.2) is 4.98 Å². The van der Waals surface area contributed by atoms with Gasteiger partial charge in [0.15, 0.2) is 5.96 Å². The van der Waals surface area contributed by atoms with Crippen LogP contribution in [-0.2, 0) is 13.1 Å². The van der Waals surface area contributed by atoms with E-state index in [-0.39, 0.29) is 24.0 Å². The van der Waals surface area contributed by atoms with Crippen LogP contribution in [0.3, 0.4) is 0 Å². The highest BCUT2D eigenvalue weighted by molar-refractivity contribution is 14.0. The first kappa shape index (κ1) is 24.3. The standard InChI is InChI=1S/C21H33N5O.HI/c1-5-14-27-20-15-17(2)8-9-19(20)16-25-21(22-4)24-10-6-7-12-26-13-11-23-18(26)3;/h8-9,11,13,15H,5-7,10,12,14,16H2,1-4H3,(H2,22,24,25);1H. The van der Waals surface area contributed by atoms with Crippen molar-refractivity contribution in [2.24, 2.45) is 4.99 Å². The van der Waals surface area contributed by atoms with Crippen molar-refractivity contribution in [2.45, 2.75) is 53.1 Å². The Morgan fingerprint density at radius 1 is 1.21 bits per heavy atom. The van der Waals surface area contributed by atoms with Gasteiger partial charge in [-0.1, -0.05) is 19.1 Å². The molecule has 0 saturated carbocycles. The number of aryl methyl sites for hydroxylation is 3. The minimum absolute atomic E-state index is 0. The van der Waals surface area contributed by atoms with Crippen molar-refractivity contribution in [3.8, 4) is 5.75 Å². The van der Waals surface area contributed by atoms with Gasteiger partial charge in [-0.2, -0.15) is 0 Å². The van der Waals surface area contributed by atoms with Crippen molar-refractivity contribution in [1.82, 2.24) is 20.2 Å². The summed E-state index contributed by atoms with van der Waals surface area (Å²) in [5.74, 6) is 2.84. The highest BCUT2D eigenvalue weighted by atomic mass is 127. The quantitative estimate of drug-likeness (QED) is 0.224. The molecule has 1 aromatic carbocycles. The Balaban J connectivity index is 0.00000392. The Bertz CT molecular complexity index is 729. The molecule has 0 unspecified atom stereocenters. The maximum atomic E-state index is 5.88. The van der Waals surface area contributed by atoms with Crippen molar-refractivity contribution in [3.63, 3.8) is 0 Å². The smallest absolute Gasteiger partial charge is 0.191 e. The minimum Gasteiger partial charge on any atom is -0.493 e. The maximum absolute atomic E-state index is 5.88. The molecule has 7 heteroatoms. The number of guanidine groups is 1. The summed E-state index contributed by atoms with van der Waals surface area (Å²) in [5, 5.41) is 6.76. The van der Waals surface area contributed by atoms with E-state index in [9.17, 15) is 0 Å². The molecule has 2 aromatic rings. The van der Waals surface area contributed by atoms with Gasteiger partial charge in [0, 0.05) is 44.6 Å². The lowest BCUT2D eigenvalue weighted by Gasteiger charge is -2.15. The first-order chi connectivity index (χ1) is 13.1. The second-order valence-corrected chi connectivity index (χ2v) is 6.69. The number of nitrogens with one attached hydrogen (secondary N) is 2. The zero-order valence-corrected chi connectivity index (χ0v) is 19.8. The molecule has 0 atom stereocenters. The fraction of sp³-hybridized carbons (Fsp3) is 0.524. The van der Waals surface area contributed by atoms with E-state index in [0.717, 1.165) is 62.1 Å². The van der Waals surface area contributed by atoms with Gasteiger partial charge in [0.2, 0.25) is 0 Å². The predicted octanol–water partition coefficient (Wildman–Crippen LogP) is 4.05. The van der Waals surface area contributed by atoms with E-state index in [0.29, 0.717) is 6.54 Å². The van der Waals surface area contributed by atoms with E-state index in [1.54, 1.807) is 7.05 Å². The highest BCUT2D eigenvalue weighted by Crippen LogP contribution is 2.20. The van der Waals surface area contributed by atoms with E-state index in [1.165, 1.54) is 5.56 Å². The molecule has 0 radical (unpaired) electrons. The van der Waals surface area contributed by atoms with Crippen molar-refractivity contribution in [3.05, 3.63) is 47.5 Å². The number of aromatic nitrogens is 2. The Morgan fingerprint density at radius 2 is 2.04 bits per heavy atom. The summed E-state index contributed by atoms with van der Waals surface area (Å²) >= 11 is 0. The van der Waals surface area contributed by atoms with Gasteiger partial charge in [0.1, 0.15) is 11.6 Å². The van der Waals surface area contributed by atoms with Gasteiger partial charge in [-0.15, -0.1) is 24.0 Å². The molecule has 1 aromatic heterocycles. The number of aliphatic imine (C=N–C) groups is 1. The first-order valence-corrected chi connectivity index (χ1v) is 9.78. The summed E-state index contributed by atoms with van der Waals surface area (Å²) in [4.78, 5) is 8.56. The molecular formula is C21H34IN5O. The molecule has 1 heterocycles. The van der Waals surface area contributed by atoms with Crippen LogP contribution in [0.25, 0.3) is 0 Å². The summed E-state index contributed by atoms with van der Waals surface area (Å²) in [6, 6.07) is 6.33. The number of nitrogens with zero attached hydrogens (tertiary/aromatic N) is 3. The van der Waals surface area contributed by atoms with Crippen LogP contribution >= 0.6 is 24.0 Å². The normalized spacial score (nSPS) is 11.1. The summed E-state index contributed by atoms with van der Waals surface area (Å²) in [6.45, 7) is 9.55. The molecule has 2 N–H and O–H groups in total. The molecule has 0 aliphatic carbocycles. The van der Waals surface area contributed by atoms with Crippen LogP contribution in [0.1, 0.15) is 43.1 Å². The number of hydrogen-bond acceptors (Lipinski definition) is 3. The second-order valence-electron chi connectivity index (χ2n) is 6.69. The Kier molecular flexibility index (Phi) is 11.6. The van der Waals surface area contributed by atoms with E-state index < -0.39 is 0 Å². The summed E-state index contributed by atoms with van der Waals surface area (Å²) < 4.78 is 8.07. The van der Waals surface area contributed by atoms with Gasteiger partial charge in [0.05, 0.1) is 6.61 Å². The largest absolute Gasteiger partial charge is 0.493 e. The second kappa shape index (κ2) is 13.4. The van der Waals surface area contributed by atoms with Gasteiger partial charge in [-0.3, -0.25) is 4.99 Å². The Hall–Kier alpha value is -1.77. The van der Waals surface area contributed by atoms with Crippen LogP contribution in [0.2, 0.25) is 0 Å². The Morgan fingerprint density at radius 3 is 2.71 bits per heavy atom. The molecule has 28 heavy (non-hydrogen) atoms. The van der Waals surface area contributed by atoms with Gasteiger partial charge in [0.25, 0.3) is 0 Å². The molecule has 2 rings (SSSR count). The fourth-order valence-corrected chi connectivity index (χ4v) is 2.81. The number of rotatable bonds is 10. The van der Waals surface area contributed by atoms with Crippen molar-refractivity contribution < 1.29 is 4.74 Å². The van der Waals surface area contributed by atoms with Crippen molar-refractivity contribution >= 4 is 29.9 Å². The zero-order chi connectivity index (χ0) is 19.5. The third-order valence-corrected chi connectivity index (χ3v) is 4.40. The summed E-state index contributed by atoms with van der Waals surface area (Å²) in [5.41, 5.74) is 2.35. The third kappa shape index (κ3) is 8.08. The van der Waals surface area contributed by atoms with Crippen LogP contribution in [0.15, 0.2) is 35.6 Å². The maximum Gasteiger partial charge on any atom is 0.191 e. The Labute approximate surface area is 186 Å². The minimum atomic E-state index is 0. The molecule has 0 aliphatic heterocycles. The van der Waals surface area contributed by atoms with Crippen LogP contribution in [0.4, 0.5) is 0 Å². The molecule has 0 fully saturated rings. The van der Waals surface area contributed by atoms with Gasteiger partial charge >= 0.3 is 0 Å². The monoisotopic (exact) mass is 499 g/mol. The molecule has 0 amide bonds. The van der Waals surface area contributed by atoms with Crippen LogP contribution < -0.4 is 15.4 Å². The number of imidazole rings is 1. The van der Waals surface area contributed by atoms with E-state index in [1.807, 2.05) is 19.3 Å². The van der Waals surface area contributed by atoms with Gasteiger partial charge in [-0.05, 0) is 44.7 Å². The predicted molar refractivity (Wildman–Crippen MR) is 127 cm³/mol. The number of ether oxygens (including phenoxy) is 1. The molecule has 0 aliphatic rings. The average molecular weight is 499 g/mol. The van der Waals surface area contributed by atoms with Crippen LogP contribution in [0, 0.1) is 13.8 Å². The van der Waals surface area contributed by atoms with Crippen LogP contribution in [-0.4, -0.2) is 35.7 Å². The molecule has 0 bridgehead atoms. The van der Waals surface area contributed by atoms with Crippen LogP contribution in [0.5, 0.6) is 5.75 Å². The molecule has 156 valence electrons. The fourth-order valence-electron chi connectivity index (χ4n) is 2.81. The first-order valence-electron chi connectivity index (χ1n) is 9.78. The van der Waals surface area contributed by atoms with E-state index in [4.69, 9.17) is 4.74 Å². The molecule has 0 saturated heterocycles. The molecule has 6 nitrogen and oxygen atoms in total. The van der Waals surface area contributed by atoms with Crippen molar-refractivity contribution in [1.29, 1.82) is 0 Å². The number of benzene rings is 1. The zero-order valence-electron chi connectivity index (χ0n) is 17.5. The highest BCUT2D eigenvalue weighted by Gasteiger charge is 2.06. The average Bonchev–Trinajstić information content (AvgIpc) is 3.08.